The fourth-order valence-corrected chi connectivity index (χ4v) is 4.05. The first-order valence-corrected chi connectivity index (χ1v) is 10.5. The van der Waals surface area contributed by atoms with Gasteiger partial charge < -0.3 is 9.79 Å². The van der Waals surface area contributed by atoms with Crippen molar-refractivity contribution in [3.63, 3.8) is 0 Å². The SMILES string of the molecule is CC(C)C(OO[C@H](CN=[N+]=[N-])COS(C)(=O)=O)(C(C)C)P(=O)(O)O. The average Bonchev–Trinajstić information content (AvgIpc) is 2.37. The molecule has 0 bridgehead atoms. The summed E-state index contributed by atoms with van der Waals surface area (Å²) < 4.78 is 38.6. The minimum absolute atomic E-state index is 0.348. The first-order chi connectivity index (χ1) is 10.8. The summed E-state index contributed by atoms with van der Waals surface area (Å²) in [5.41, 5.74) is 8.36. The predicted molar refractivity (Wildman–Crippen MR) is 85.2 cm³/mol. The van der Waals surface area contributed by atoms with E-state index in [9.17, 15) is 22.8 Å². The molecule has 0 aliphatic heterocycles. The zero-order valence-corrected chi connectivity index (χ0v) is 15.9. The van der Waals surface area contributed by atoms with E-state index in [-0.39, 0.29) is 6.54 Å². The fourth-order valence-electron chi connectivity index (χ4n) is 2.16. The Morgan fingerprint density at radius 3 is 2.08 bits per heavy atom. The van der Waals surface area contributed by atoms with E-state index in [4.69, 9.17) is 15.3 Å². The van der Waals surface area contributed by atoms with Crippen LogP contribution >= 0.6 is 7.60 Å². The van der Waals surface area contributed by atoms with Crippen molar-refractivity contribution < 1.29 is 36.7 Å². The molecule has 0 fully saturated rings. The van der Waals surface area contributed by atoms with Crippen LogP contribution in [0.3, 0.4) is 0 Å². The smallest absolute Gasteiger partial charge is 0.322 e. The van der Waals surface area contributed by atoms with Gasteiger partial charge in [-0.15, -0.1) is 0 Å². The van der Waals surface area contributed by atoms with E-state index in [1.54, 1.807) is 27.7 Å². The summed E-state index contributed by atoms with van der Waals surface area (Å²) in [4.78, 5) is 32.1. The molecule has 0 aromatic heterocycles. The lowest BCUT2D eigenvalue weighted by molar-refractivity contribution is -0.382. The van der Waals surface area contributed by atoms with Crippen molar-refractivity contribution >= 4 is 17.7 Å². The third kappa shape index (κ3) is 6.66. The normalized spacial score (nSPS) is 14.7. The van der Waals surface area contributed by atoms with Gasteiger partial charge in [0.05, 0.1) is 19.4 Å². The first kappa shape index (κ1) is 23.3. The van der Waals surface area contributed by atoms with Crippen molar-refractivity contribution in [1.82, 2.24) is 0 Å². The van der Waals surface area contributed by atoms with Gasteiger partial charge >= 0.3 is 7.60 Å². The van der Waals surface area contributed by atoms with Gasteiger partial charge in [-0.2, -0.15) is 8.42 Å². The van der Waals surface area contributed by atoms with Crippen molar-refractivity contribution in [2.45, 2.75) is 39.1 Å². The Balaban J connectivity index is 5.37. The van der Waals surface area contributed by atoms with E-state index < -0.39 is 47.6 Å². The van der Waals surface area contributed by atoms with Crippen LogP contribution in [-0.2, 0) is 28.6 Å². The Morgan fingerprint density at radius 2 is 1.75 bits per heavy atom. The van der Waals surface area contributed by atoms with Gasteiger partial charge in [-0.05, 0) is 17.4 Å². The number of azide groups is 1. The molecule has 0 amide bonds. The lowest BCUT2D eigenvalue weighted by atomic mass is 9.95. The zero-order valence-electron chi connectivity index (χ0n) is 14.2. The standard InChI is InChI=1S/C11H24N3O8PS/c1-8(2)11(9(3)4,23(15,16)17)22-21-10(6-13-14-12)7-20-24(5,18)19/h8-10H,6-7H2,1-5H3,(H2,15,16,17)/t10-/m1/s1. The maximum atomic E-state index is 12.0. The van der Waals surface area contributed by atoms with Crippen LogP contribution in [0.2, 0.25) is 0 Å². The Kier molecular flexibility index (Phi) is 8.85. The highest BCUT2D eigenvalue weighted by atomic mass is 32.2. The summed E-state index contributed by atoms with van der Waals surface area (Å²) in [6, 6.07) is 0. The van der Waals surface area contributed by atoms with Crippen LogP contribution in [0.5, 0.6) is 0 Å². The maximum Gasteiger partial charge on any atom is 0.360 e. The highest BCUT2D eigenvalue weighted by Crippen LogP contribution is 2.59. The third-order valence-electron chi connectivity index (χ3n) is 3.24. The highest BCUT2D eigenvalue weighted by molar-refractivity contribution is 7.85. The molecule has 0 radical (unpaired) electrons. The van der Waals surface area contributed by atoms with E-state index in [1.165, 1.54) is 0 Å². The summed E-state index contributed by atoms with van der Waals surface area (Å²) in [5, 5.41) is 1.28. The Bertz CT molecular complexity index is 588. The second kappa shape index (κ2) is 9.12. The molecule has 0 unspecified atom stereocenters. The van der Waals surface area contributed by atoms with Gasteiger partial charge in [-0.25, -0.2) is 9.78 Å². The quantitative estimate of drug-likeness (QED) is 0.102. The number of hydrogen-bond donors (Lipinski definition) is 2. The predicted octanol–water partition coefficient (Wildman–Crippen LogP) is 1.78. The molecule has 0 saturated carbocycles. The zero-order chi connectivity index (χ0) is 19.2. The molecule has 0 aromatic rings. The number of rotatable bonds is 11. The van der Waals surface area contributed by atoms with Crippen LogP contribution in [0, 0.1) is 11.8 Å². The Labute approximate surface area is 141 Å². The second-order valence-electron chi connectivity index (χ2n) is 5.81. The molecular weight excluding hydrogens is 365 g/mol. The van der Waals surface area contributed by atoms with E-state index in [0.29, 0.717) is 0 Å². The lowest BCUT2D eigenvalue weighted by Gasteiger charge is -2.39. The Hall–Kier alpha value is -0.710. The van der Waals surface area contributed by atoms with Crippen LogP contribution in [-0.4, -0.2) is 49.1 Å². The minimum Gasteiger partial charge on any atom is -0.322 e. The van der Waals surface area contributed by atoms with Gasteiger partial charge in [0.1, 0.15) is 6.10 Å². The lowest BCUT2D eigenvalue weighted by Crippen LogP contribution is -2.45. The second-order valence-corrected chi connectivity index (χ2v) is 9.24. The summed E-state index contributed by atoms with van der Waals surface area (Å²) in [7, 11) is -8.55. The van der Waals surface area contributed by atoms with Crippen molar-refractivity contribution in [3.8, 4) is 0 Å². The molecule has 2 N–H and O–H groups in total. The summed E-state index contributed by atoms with van der Waals surface area (Å²) in [6.45, 7) is 5.33. The van der Waals surface area contributed by atoms with Crippen LogP contribution < -0.4 is 0 Å². The van der Waals surface area contributed by atoms with Gasteiger partial charge in [0.2, 0.25) is 5.34 Å². The molecule has 0 rings (SSSR count). The molecule has 0 spiro atoms. The van der Waals surface area contributed by atoms with Crippen LogP contribution in [0.4, 0.5) is 0 Å². The molecule has 0 aliphatic rings. The molecule has 0 heterocycles. The maximum absolute atomic E-state index is 12.0. The molecular formula is C11H24N3O8PS. The monoisotopic (exact) mass is 389 g/mol. The molecule has 142 valence electrons. The van der Waals surface area contributed by atoms with Crippen molar-refractivity contribution in [1.29, 1.82) is 0 Å². The number of nitrogens with zero attached hydrogens (tertiary/aromatic N) is 3. The molecule has 0 aliphatic carbocycles. The number of hydrogen-bond acceptors (Lipinski definition) is 7. The molecule has 0 saturated heterocycles. The van der Waals surface area contributed by atoms with Gasteiger partial charge in [0.15, 0.2) is 0 Å². The topological polar surface area (TPSA) is 168 Å². The van der Waals surface area contributed by atoms with Crippen molar-refractivity contribution in [2.75, 3.05) is 19.4 Å². The molecule has 1 atom stereocenters. The van der Waals surface area contributed by atoms with Crippen LogP contribution in [0.15, 0.2) is 5.11 Å². The largest absolute Gasteiger partial charge is 0.360 e. The Morgan fingerprint density at radius 1 is 1.25 bits per heavy atom. The highest BCUT2D eigenvalue weighted by Gasteiger charge is 2.55. The van der Waals surface area contributed by atoms with E-state index >= 15 is 0 Å². The van der Waals surface area contributed by atoms with E-state index in [0.717, 1.165) is 6.26 Å². The molecule has 11 nitrogen and oxygen atoms in total. The fraction of sp³-hybridized carbons (Fsp3) is 1.00. The van der Waals surface area contributed by atoms with Crippen molar-refractivity contribution in [3.05, 3.63) is 10.4 Å². The van der Waals surface area contributed by atoms with E-state index in [2.05, 4.69) is 14.2 Å². The molecule has 24 heavy (non-hydrogen) atoms. The first-order valence-electron chi connectivity index (χ1n) is 7.03. The van der Waals surface area contributed by atoms with Gasteiger partial charge in [0, 0.05) is 4.91 Å². The summed E-state index contributed by atoms with van der Waals surface area (Å²) >= 11 is 0. The third-order valence-corrected chi connectivity index (χ3v) is 5.83. The van der Waals surface area contributed by atoms with Crippen molar-refractivity contribution in [2.24, 2.45) is 17.0 Å². The van der Waals surface area contributed by atoms with Crippen LogP contribution in [0.25, 0.3) is 10.4 Å². The minimum atomic E-state index is -4.76. The van der Waals surface area contributed by atoms with Gasteiger partial charge in [0.25, 0.3) is 10.1 Å². The summed E-state index contributed by atoms with van der Waals surface area (Å²) in [5.74, 6) is -1.26. The van der Waals surface area contributed by atoms with Gasteiger partial charge in [-0.3, -0.25) is 8.75 Å². The van der Waals surface area contributed by atoms with E-state index in [1.807, 2.05) is 0 Å². The molecule has 13 heteroatoms. The summed E-state index contributed by atoms with van der Waals surface area (Å²) in [6.07, 6.45) is -0.347. The van der Waals surface area contributed by atoms with Gasteiger partial charge in [-0.1, -0.05) is 32.8 Å². The van der Waals surface area contributed by atoms with Crippen LogP contribution in [0.1, 0.15) is 27.7 Å². The molecule has 0 aromatic carbocycles. The average molecular weight is 389 g/mol.